The van der Waals surface area contributed by atoms with Gasteiger partial charge in [-0.2, -0.15) is 8.42 Å². The normalized spacial score (nSPS) is 11.3. The van der Waals surface area contributed by atoms with Gasteiger partial charge in [-0.15, -0.1) is 0 Å². The highest BCUT2D eigenvalue weighted by Crippen LogP contribution is 2.27. The van der Waals surface area contributed by atoms with Crippen molar-refractivity contribution in [3.63, 3.8) is 0 Å². The molecule has 1 N–H and O–H groups in total. The van der Waals surface area contributed by atoms with Crippen LogP contribution in [0.15, 0.2) is 23.1 Å². The van der Waals surface area contributed by atoms with Crippen molar-refractivity contribution in [3.05, 3.63) is 28.3 Å². The third-order valence-corrected chi connectivity index (χ3v) is 2.95. The fourth-order valence-corrected chi connectivity index (χ4v) is 1.68. The number of non-ortho nitro benzene ring substituents is 1. The maximum Gasteiger partial charge on any atom is 0.300 e. The lowest BCUT2D eigenvalue weighted by molar-refractivity contribution is -0.385. The molecule has 0 atom stereocenters. The van der Waals surface area contributed by atoms with Crippen molar-refractivity contribution >= 4 is 15.8 Å². The Morgan fingerprint density at radius 2 is 2.07 bits per heavy atom. The molecular weight excluding hydrogens is 226 g/mol. The van der Waals surface area contributed by atoms with Gasteiger partial charge in [0, 0.05) is 12.1 Å². The van der Waals surface area contributed by atoms with Crippen LogP contribution < -0.4 is 0 Å². The molecule has 1 aromatic carbocycles. The van der Waals surface area contributed by atoms with Gasteiger partial charge in [-0.25, -0.2) is 0 Å². The number of nitro groups is 1. The summed E-state index contributed by atoms with van der Waals surface area (Å²) in [5, 5.41) is 19.6. The molecule has 15 heavy (non-hydrogen) atoms. The van der Waals surface area contributed by atoms with Crippen molar-refractivity contribution in [1.82, 2.24) is 0 Å². The van der Waals surface area contributed by atoms with E-state index < -0.39 is 31.4 Å². The van der Waals surface area contributed by atoms with Crippen molar-refractivity contribution < 1.29 is 22.6 Å². The Labute approximate surface area is 85.2 Å². The molecule has 0 aliphatic rings. The summed E-state index contributed by atoms with van der Waals surface area (Å²) < 4.78 is 26.5. The summed E-state index contributed by atoms with van der Waals surface area (Å²) in [6.45, 7) is 0. The van der Waals surface area contributed by atoms with Gasteiger partial charge in [-0.3, -0.25) is 14.3 Å². The molecular formula is C7H7NO6S. The first kappa shape index (κ1) is 11.4. The summed E-state index contributed by atoms with van der Waals surface area (Å²) >= 11 is 0. The number of hydrogen-bond acceptors (Lipinski definition) is 6. The second-order valence-electron chi connectivity index (χ2n) is 2.53. The molecule has 0 radical (unpaired) electrons. The minimum absolute atomic E-state index is 0.441. The summed E-state index contributed by atoms with van der Waals surface area (Å²) in [6, 6.07) is 2.64. The van der Waals surface area contributed by atoms with Crippen LogP contribution in [0.3, 0.4) is 0 Å². The summed E-state index contributed by atoms with van der Waals surface area (Å²) in [5.41, 5.74) is -0.441. The molecule has 0 bridgehead atoms. The molecule has 0 heterocycles. The van der Waals surface area contributed by atoms with Crippen LogP contribution in [0.2, 0.25) is 0 Å². The van der Waals surface area contributed by atoms with Gasteiger partial charge in [-0.05, 0) is 6.07 Å². The fraction of sp³-hybridized carbons (Fsp3) is 0.143. The summed E-state index contributed by atoms with van der Waals surface area (Å²) in [6.07, 6.45) is 0. The highest BCUT2D eigenvalue weighted by molar-refractivity contribution is 7.86. The van der Waals surface area contributed by atoms with Gasteiger partial charge in [0.05, 0.1) is 12.0 Å². The molecule has 8 heteroatoms. The lowest BCUT2D eigenvalue weighted by atomic mass is 10.3. The van der Waals surface area contributed by atoms with Gasteiger partial charge < -0.3 is 5.11 Å². The minimum Gasteiger partial charge on any atom is -0.506 e. The van der Waals surface area contributed by atoms with Crippen LogP contribution in [0, 0.1) is 10.1 Å². The first-order valence-corrected chi connectivity index (χ1v) is 5.07. The molecule has 0 aromatic heterocycles. The Hall–Kier alpha value is -1.67. The predicted octanol–water partition coefficient (Wildman–Crippen LogP) is 0.635. The molecule has 0 saturated heterocycles. The SMILES string of the molecule is COS(=O)(=O)c1cc([N+](=O)[O-])ccc1O. The third-order valence-electron chi connectivity index (χ3n) is 1.64. The molecule has 1 aromatic rings. The van der Waals surface area contributed by atoms with E-state index in [1.54, 1.807) is 0 Å². The average molecular weight is 233 g/mol. The number of hydrogen-bond donors (Lipinski definition) is 1. The maximum absolute atomic E-state index is 11.2. The minimum atomic E-state index is -4.14. The number of nitro benzene ring substituents is 1. The molecule has 0 saturated carbocycles. The Morgan fingerprint density at radius 3 is 2.53 bits per heavy atom. The largest absolute Gasteiger partial charge is 0.506 e. The first-order valence-electron chi connectivity index (χ1n) is 3.66. The lowest BCUT2D eigenvalue weighted by Gasteiger charge is -2.03. The van der Waals surface area contributed by atoms with E-state index in [2.05, 4.69) is 4.18 Å². The van der Waals surface area contributed by atoms with Gasteiger partial charge in [0.25, 0.3) is 5.69 Å². The summed E-state index contributed by atoms with van der Waals surface area (Å²) in [7, 11) is -3.24. The predicted molar refractivity (Wildman–Crippen MR) is 49.0 cm³/mol. The zero-order valence-electron chi connectivity index (χ0n) is 7.58. The van der Waals surface area contributed by atoms with E-state index in [1.807, 2.05) is 0 Å². The second-order valence-corrected chi connectivity index (χ2v) is 4.21. The topological polar surface area (TPSA) is 107 Å². The standard InChI is InChI=1S/C7H7NO6S/c1-14-15(12,13)7-4-5(8(10)11)2-3-6(7)9/h2-4,9H,1H3. The van der Waals surface area contributed by atoms with Gasteiger partial charge in [0.2, 0.25) is 0 Å². The molecule has 82 valence electrons. The Balaban J connectivity index is 3.42. The van der Waals surface area contributed by atoms with Crippen molar-refractivity contribution in [2.24, 2.45) is 0 Å². The first-order chi connectivity index (χ1) is 6.88. The number of aromatic hydroxyl groups is 1. The maximum atomic E-state index is 11.2. The zero-order chi connectivity index (χ0) is 11.6. The monoisotopic (exact) mass is 233 g/mol. The second kappa shape index (κ2) is 3.83. The molecule has 0 fully saturated rings. The van der Waals surface area contributed by atoms with E-state index in [0.717, 1.165) is 25.3 Å². The smallest absolute Gasteiger partial charge is 0.300 e. The van der Waals surface area contributed by atoms with Crippen LogP contribution in [0.5, 0.6) is 5.75 Å². The number of nitrogens with zero attached hydrogens (tertiary/aromatic N) is 1. The average Bonchev–Trinajstić information content (AvgIpc) is 2.17. The quantitative estimate of drug-likeness (QED) is 0.466. The Bertz CT molecular complexity index is 494. The molecule has 0 amide bonds. The van der Waals surface area contributed by atoms with E-state index in [9.17, 15) is 23.6 Å². The van der Waals surface area contributed by atoms with Crippen molar-refractivity contribution in [2.45, 2.75) is 4.90 Å². The highest BCUT2D eigenvalue weighted by Gasteiger charge is 2.21. The van der Waals surface area contributed by atoms with Crippen LogP contribution in [-0.2, 0) is 14.3 Å². The van der Waals surface area contributed by atoms with Crippen molar-refractivity contribution in [1.29, 1.82) is 0 Å². The number of phenolic OH excluding ortho intramolecular Hbond substituents is 1. The Kier molecular flexibility index (Phi) is 2.91. The molecule has 0 aliphatic carbocycles. The van der Waals surface area contributed by atoms with Crippen molar-refractivity contribution in [3.8, 4) is 5.75 Å². The third kappa shape index (κ3) is 2.22. The molecule has 7 nitrogen and oxygen atoms in total. The van der Waals surface area contributed by atoms with Crippen LogP contribution in [-0.4, -0.2) is 25.6 Å². The van der Waals surface area contributed by atoms with Gasteiger partial charge >= 0.3 is 10.1 Å². The van der Waals surface area contributed by atoms with Crippen LogP contribution in [0.1, 0.15) is 0 Å². The summed E-state index contributed by atoms with van der Waals surface area (Å²) in [5.74, 6) is -0.595. The number of phenols is 1. The zero-order valence-corrected chi connectivity index (χ0v) is 8.39. The Morgan fingerprint density at radius 1 is 1.47 bits per heavy atom. The molecule has 1 rings (SSSR count). The van der Waals surface area contributed by atoms with E-state index in [1.165, 1.54) is 0 Å². The lowest BCUT2D eigenvalue weighted by Crippen LogP contribution is -2.03. The van der Waals surface area contributed by atoms with Crippen LogP contribution in [0.25, 0.3) is 0 Å². The van der Waals surface area contributed by atoms with Crippen LogP contribution in [0.4, 0.5) is 5.69 Å². The summed E-state index contributed by atoms with van der Waals surface area (Å²) in [4.78, 5) is 8.97. The van der Waals surface area contributed by atoms with Crippen LogP contribution >= 0.6 is 0 Å². The van der Waals surface area contributed by atoms with Gasteiger partial charge in [0.15, 0.2) is 0 Å². The molecule has 0 aliphatic heterocycles. The number of benzene rings is 1. The molecule has 0 unspecified atom stereocenters. The van der Waals surface area contributed by atoms with E-state index >= 15 is 0 Å². The highest BCUT2D eigenvalue weighted by atomic mass is 32.2. The van der Waals surface area contributed by atoms with E-state index in [0.29, 0.717) is 0 Å². The van der Waals surface area contributed by atoms with E-state index in [4.69, 9.17) is 0 Å². The molecule has 0 spiro atoms. The van der Waals surface area contributed by atoms with E-state index in [-0.39, 0.29) is 0 Å². The van der Waals surface area contributed by atoms with Gasteiger partial charge in [0.1, 0.15) is 10.6 Å². The van der Waals surface area contributed by atoms with Crippen molar-refractivity contribution in [2.75, 3.05) is 7.11 Å². The fourth-order valence-electron chi connectivity index (χ4n) is 0.906. The van der Waals surface area contributed by atoms with Gasteiger partial charge in [-0.1, -0.05) is 0 Å². The number of rotatable bonds is 3.